The number of likely N-dealkylation sites (tertiary alicyclic amines) is 1. The van der Waals surface area contributed by atoms with Crippen molar-refractivity contribution in [3.05, 3.63) is 83.0 Å². The van der Waals surface area contributed by atoms with E-state index in [1.165, 1.54) is 11.1 Å². The number of carbonyl (C=O) groups is 2. The molecule has 11 heteroatoms. The van der Waals surface area contributed by atoms with E-state index in [1.54, 1.807) is 37.4 Å². The predicted octanol–water partition coefficient (Wildman–Crippen LogP) is 3.89. The number of rotatable bonds is 12. The van der Waals surface area contributed by atoms with Crippen molar-refractivity contribution in [3.8, 4) is 11.5 Å². The van der Waals surface area contributed by atoms with Crippen LogP contribution in [0.3, 0.4) is 0 Å². The summed E-state index contributed by atoms with van der Waals surface area (Å²) in [6.45, 7) is 7.53. The Balaban J connectivity index is 1.17. The molecule has 3 aromatic rings. The van der Waals surface area contributed by atoms with Crippen molar-refractivity contribution in [2.45, 2.75) is 63.9 Å². The van der Waals surface area contributed by atoms with Crippen LogP contribution in [0.15, 0.2) is 60.8 Å². The Bertz CT molecular complexity index is 1490. The van der Waals surface area contributed by atoms with Gasteiger partial charge in [-0.2, -0.15) is 0 Å². The highest BCUT2D eigenvalue weighted by Gasteiger charge is 2.34. The van der Waals surface area contributed by atoms with Gasteiger partial charge in [-0.1, -0.05) is 30.3 Å². The van der Waals surface area contributed by atoms with Crippen LogP contribution in [-0.4, -0.2) is 96.1 Å². The first-order chi connectivity index (χ1) is 22.0. The Morgan fingerprint density at radius 2 is 1.76 bits per heavy atom. The van der Waals surface area contributed by atoms with Crippen LogP contribution in [0.25, 0.3) is 0 Å². The first kappa shape index (κ1) is 33.0. The molecule has 1 saturated heterocycles. The van der Waals surface area contributed by atoms with Gasteiger partial charge in [-0.25, -0.2) is 9.78 Å². The molecule has 0 bridgehead atoms. The molecule has 46 heavy (non-hydrogen) atoms. The molecule has 2 heterocycles. The summed E-state index contributed by atoms with van der Waals surface area (Å²) >= 11 is 0. The lowest BCUT2D eigenvalue weighted by molar-refractivity contribution is 0.0104. The number of pyridine rings is 1. The fourth-order valence-corrected chi connectivity index (χ4v) is 5.89. The normalized spacial score (nSPS) is 15.6. The van der Waals surface area contributed by atoms with Crippen molar-refractivity contribution in [1.29, 1.82) is 0 Å². The average Bonchev–Trinajstić information content (AvgIpc) is 3.45. The first-order valence-electron chi connectivity index (χ1n) is 15.7. The van der Waals surface area contributed by atoms with Gasteiger partial charge in [0.05, 0.1) is 26.4 Å². The van der Waals surface area contributed by atoms with Gasteiger partial charge < -0.3 is 34.9 Å². The molecule has 5 rings (SSSR count). The second-order valence-corrected chi connectivity index (χ2v) is 13.0. The van der Waals surface area contributed by atoms with E-state index in [4.69, 9.17) is 14.2 Å². The molecule has 2 amide bonds. The molecule has 0 saturated carbocycles. The third-order valence-corrected chi connectivity index (χ3v) is 8.26. The van der Waals surface area contributed by atoms with E-state index in [1.807, 2.05) is 39.0 Å². The third kappa shape index (κ3) is 8.46. The van der Waals surface area contributed by atoms with Gasteiger partial charge in [-0.15, -0.1) is 0 Å². The van der Waals surface area contributed by atoms with Crippen LogP contribution >= 0.6 is 0 Å². The van der Waals surface area contributed by atoms with Crippen molar-refractivity contribution in [3.63, 3.8) is 0 Å². The summed E-state index contributed by atoms with van der Waals surface area (Å²) in [6.07, 6.45) is 2.20. The number of nitrogens with one attached hydrogen (secondary N) is 2. The van der Waals surface area contributed by atoms with Gasteiger partial charge in [0.15, 0.2) is 0 Å². The predicted molar refractivity (Wildman–Crippen MR) is 175 cm³/mol. The van der Waals surface area contributed by atoms with Crippen LogP contribution in [-0.2, 0) is 24.1 Å². The fourth-order valence-electron chi connectivity index (χ4n) is 5.89. The molecule has 1 aliphatic heterocycles. The number of methoxy groups -OCH3 is 2. The molecule has 0 spiro atoms. The fraction of sp³-hybridized carbons (Fsp3) is 0.457. The smallest absolute Gasteiger partial charge is 0.410 e. The lowest BCUT2D eigenvalue weighted by Crippen LogP contribution is -2.58. The van der Waals surface area contributed by atoms with Crippen LogP contribution in [0.2, 0.25) is 0 Å². The Labute approximate surface area is 270 Å². The number of hydrogen-bond acceptors (Lipinski definition) is 9. The molecule has 0 radical (unpaired) electrons. The standard InChI is InChI=1S/C35H45N5O6/c1-35(2,3)46-34(43)40-20-27(21-40)38-32-16-25(12-13-36-32)33(42)37-18-29(41)22-39(28-14-23-8-6-7-9-24(23)15-28)19-26-10-11-30(44-4)17-31(26)45-5/h6-13,16-17,27-29,41H,14-15,18-22H2,1-5H3,(H,36,38)(H,37,42)/t29-/m1/s1. The van der Waals surface area contributed by atoms with Crippen LogP contribution in [0, 0.1) is 0 Å². The Kier molecular flexibility index (Phi) is 10.3. The molecular weight excluding hydrogens is 586 g/mol. The first-order valence-corrected chi connectivity index (χ1v) is 15.7. The third-order valence-electron chi connectivity index (χ3n) is 8.26. The van der Waals surface area contributed by atoms with E-state index in [2.05, 4.69) is 44.8 Å². The number of aliphatic hydroxyl groups is 1. The molecule has 2 aliphatic rings. The maximum absolute atomic E-state index is 13.1. The molecule has 1 fully saturated rings. The van der Waals surface area contributed by atoms with Gasteiger partial charge in [0.25, 0.3) is 5.91 Å². The van der Waals surface area contributed by atoms with Gasteiger partial charge in [-0.05, 0) is 62.9 Å². The summed E-state index contributed by atoms with van der Waals surface area (Å²) in [5.41, 5.74) is 3.52. The van der Waals surface area contributed by atoms with E-state index < -0.39 is 11.7 Å². The number of amides is 2. The number of aromatic nitrogens is 1. The summed E-state index contributed by atoms with van der Waals surface area (Å²) in [7, 11) is 3.27. The Morgan fingerprint density at radius 3 is 2.41 bits per heavy atom. The second-order valence-electron chi connectivity index (χ2n) is 13.0. The van der Waals surface area contributed by atoms with E-state index in [9.17, 15) is 14.7 Å². The number of nitrogens with zero attached hydrogens (tertiary/aromatic N) is 3. The molecule has 1 atom stereocenters. The number of carbonyl (C=O) groups excluding carboxylic acids is 2. The summed E-state index contributed by atoms with van der Waals surface area (Å²) in [6, 6.07) is 17.8. The lowest BCUT2D eigenvalue weighted by Gasteiger charge is -2.40. The number of ether oxygens (including phenoxy) is 3. The van der Waals surface area contributed by atoms with Crippen molar-refractivity contribution >= 4 is 17.8 Å². The molecule has 246 valence electrons. The quantitative estimate of drug-likeness (QED) is 0.273. The van der Waals surface area contributed by atoms with Crippen molar-refractivity contribution in [1.82, 2.24) is 20.1 Å². The monoisotopic (exact) mass is 631 g/mol. The Morgan fingerprint density at radius 1 is 1.04 bits per heavy atom. The van der Waals surface area contributed by atoms with Crippen molar-refractivity contribution < 1.29 is 28.9 Å². The zero-order valence-corrected chi connectivity index (χ0v) is 27.3. The van der Waals surface area contributed by atoms with Gasteiger partial charge >= 0.3 is 6.09 Å². The molecule has 3 N–H and O–H groups in total. The molecule has 11 nitrogen and oxygen atoms in total. The average molecular weight is 632 g/mol. The summed E-state index contributed by atoms with van der Waals surface area (Å²) in [4.78, 5) is 33.5. The summed E-state index contributed by atoms with van der Waals surface area (Å²) in [5, 5.41) is 17.3. The van der Waals surface area contributed by atoms with E-state index >= 15 is 0 Å². The van der Waals surface area contributed by atoms with E-state index in [0.717, 1.165) is 24.2 Å². The Hall–Kier alpha value is -4.35. The molecule has 1 aromatic heterocycles. The highest BCUT2D eigenvalue weighted by molar-refractivity contribution is 5.94. The minimum absolute atomic E-state index is 0.0113. The second kappa shape index (κ2) is 14.4. The molecular formula is C35H45N5O6. The zero-order valence-electron chi connectivity index (χ0n) is 27.3. The molecule has 1 aliphatic carbocycles. The number of fused-ring (bicyclic) bond motifs is 1. The summed E-state index contributed by atoms with van der Waals surface area (Å²) in [5.74, 6) is 1.69. The van der Waals surface area contributed by atoms with E-state index in [0.29, 0.717) is 43.3 Å². The SMILES string of the molecule is COc1ccc(CN(C[C@H](O)CNC(=O)c2ccnc(NC3CN(C(=O)OC(C)(C)C)C3)c2)C2Cc3ccccc3C2)c(OC)c1. The zero-order chi connectivity index (χ0) is 32.8. The van der Waals surface area contributed by atoms with Crippen molar-refractivity contribution in [2.75, 3.05) is 45.7 Å². The van der Waals surface area contributed by atoms with E-state index in [-0.39, 0.29) is 30.6 Å². The number of hydrogen-bond donors (Lipinski definition) is 3. The maximum Gasteiger partial charge on any atom is 0.410 e. The topological polar surface area (TPSA) is 125 Å². The van der Waals surface area contributed by atoms with Crippen LogP contribution in [0.1, 0.15) is 47.8 Å². The van der Waals surface area contributed by atoms with Gasteiger partial charge in [0.1, 0.15) is 22.9 Å². The minimum atomic E-state index is -0.801. The highest BCUT2D eigenvalue weighted by Crippen LogP contribution is 2.30. The van der Waals surface area contributed by atoms with Crippen LogP contribution in [0.4, 0.5) is 10.6 Å². The van der Waals surface area contributed by atoms with Gasteiger partial charge in [-0.3, -0.25) is 9.69 Å². The number of anilines is 1. The number of aliphatic hydroxyl groups excluding tert-OH is 1. The lowest BCUT2D eigenvalue weighted by atomic mass is 10.1. The van der Waals surface area contributed by atoms with Crippen LogP contribution in [0.5, 0.6) is 11.5 Å². The molecule has 2 aromatic carbocycles. The van der Waals surface area contributed by atoms with Gasteiger partial charge in [0.2, 0.25) is 0 Å². The largest absolute Gasteiger partial charge is 0.497 e. The number of benzene rings is 2. The van der Waals surface area contributed by atoms with Crippen LogP contribution < -0.4 is 20.1 Å². The minimum Gasteiger partial charge on any atom is -0.497 e. The highest BCUT2D eigenvalue weighted by atomic mass is 16.6. The maximum atomic E-state index is 13.1. The molecule has 0 unspecified atom stereocenters. The van der Waals surface area contributed by atoms with Crippen molar-refractivity contribution in [2.24, 2.45) is 0 Å². The van der Waals surface area contributed by atoms with Gasteiger partial charge in [0, 0.05) is 62.2 Å². The summed E-state index contributed by atoms with van der Waals surface area (Å²) < 4.78 is 16.4.